The van der Waals surface area contributed by atoms with Crippen molar-refractivity contribution in [1.29, 1.82) is 0 Å². The molecule has 6 atom stereocenters. The summed E-state index contributed by atoms with van der Waals surface area (Å²) in [6, 6.07) is 8.69. The number of fused-ring (bicyclic) bond motifs is 2. The molecular formula is C37H47N3O8. The van der Waals surface area contributed by atoms with Gasteiger partial charge >= 0.3 is 6.09 Å². The van der Waals surface area contributed by atoms with E-state index in [1.165, 1.54) is 20.3 Å². The van der Waals surface area contributed by atoms with Crippen LogP contribution >= 0.6 is 0 Å². The number of aliphatic hydroxyl groups is 1. The maximum atomic E-state index is 14.3. The minimum atomic E-state index is -1.01. The van der Waals surface area contributed by atoms with Gasteiger partial charge in [-0.05, 0) is 43.7 Å². The molecule has 0 fully saturated rings. The summed E-state index contributed by atoms with van der Waals surface area (Å²) < 4.78 is 16.8. The molecule has 1 aliphatic carbocycles. The molecule has 0 spiro atoms. The molecule has 0 saturated carbocycles. The van der Waals surface area contributed by atoms with Crippen molar-refractivity contribution in [2.75, 3.05) is 20.8 Å². The van der Waals surface area contributed by atoms with Crippen molar-refractivity contribution >= 4 is 29.1 Å². The Labute approximate surface area is 282 Å². The molecule has 258 valence electrons. The normalized spacial score (nSPS) is 26.4. The molecule has 2 amide bonds. The molecular weight excluding hydrogens is 614 g/mol. The third kappa shape index (κ3) is 9.27. The molecule has 1 aliphatic heterocycles. The predicted molar refractivity (Wildman–Crippen MR) is 183 cm³/mol. The third-order valence-electron chi connectivity index (χ3n) is 8.43. The second-order valence-corrected chi connectivity index (χ2v) is 12.1. The predicted octanol–water partition coefficient (Wildman–Crippen LogP) is 4.07. The van der Waals surface area contributed by atoms with Gasteiger partial charge in [-0.15, -0.1) is 6.58 Å². The summed E-state index contributed by atoms with van der Waals surface area (Å²) in [5, 5.41) is 17.2. The SMILES string of the molecule is C=CCNC1=C2C[C@@H](C)C[C@H](OC)[C@H](O)[C@@H](C)C=C(C)[C@H](OC(N)=O)[C@@H](OC)C=CC=C(C)C(=O)NC(=C(c3ccccc3)C1=O)C2=O. The maximum absolute atomic E-state index is 14.3. The van der Waals surface area contributed by atoms with Crippen LogP contribution < -0.4 is 16.4 Å². The van der Waals surface area contributed by atoms with E-state index < -0.39 is 53.9 Å². The van der Waals surface area contributed by atoms with Crippen LogP contribution in [0.15, 0.2) is 95.4 Å². The Kier molecular flexibility index (Phi) is 13.8. The molecule has 1 aromatic carbocycles. The largest absolute Gasteiger partial charge is 0.439 e. The number of amides is 2. The second-order valence-electron chi connectivity index (χ2n) is 12.1. The van der Waals surface area contributed by atoms with Gasteiger partial charge in [0.25, 0.3) is 5.91 Å². The molecule has 1 aromatic rings. The van der Waals surface area contributed by atoms with Crippen molar-refractivity contribution in [3.63, 3.8) is 0 Å². The number of nitrogens with one attached hydrogen (secondary N) is 2. The lowest BCUT2D eigenvalue weighted by molar-refractivity contribution is -0.120. The summed E-state index contributed by atoms with van der Waals surface area (Å²) in [6.45, 7) is 11.0. The summed E-state index contributed by atoms with van der Waals surface area (Å²) in [5.41, 5.74) is 6.97. The van der Waals surface area contributed by atoms with Crippen molar-refractivity contribution < 1.29 is 38.5 Å². The average molecular weight is 662 g/mol. The van der Waals surface area contributed by atoms with Gasteiger partial charge in [-0.2, -0.15) is 0 Å². The summed E-state index contributed by atoms with van der Waals surface area (Å²) in [7, 11) is 2.93. The van der Waals surface area contributed by atoms with Gasteiger partial charge in [0.2, 0.25) is 11.6 Å². The molecule has 5 N–H and O–H groups in total. The van der Waals surface area contributed by atoms with Crippen molar-refractivity contribution in [2.45, 2.75) is 65.0 Å². The Morgan fingerprint density at radius 1 is 1.10 bits per heavy atom. The van der Waals surface area contributed by atoms with Crippen molar-refractivity contribution in [1.82, 2.24) is 10.6 Å². The van der Waals surface area contributed by atoms with Crippen LogP contribution in [0.5, 0.6) is 0 Å². The Balaban J connectivity index is 2.23. The summed E-state index contributed by atoms with van der Waals surface area (Å²) >= 11 is 0. The van der Waals surface area contributed by atoms with Gasteiger partial charge in [0.1, 0.15) is 11.8 Å². The fraction of sp³-hybridized carbons (Fsp3) is 0.405. The molecule has 11 heteroatoms. The first kappa shape index (κ1) is 37.9. The average Bonchev–Trinajstić information content (AvgIpc) is 3.06. The quantitative estimate of drug-likeness (QED) is 0.249. The lowest BCUT2D eigenvalue weighted by Crippen LogP contribution is -2.39. The number of aliphatic hydroxyl groups excluding tert-OH is 1. The molecule has 0 aromatic heterocycles. The highest BCUT2D eigenvalue weighted by molar-refractivity contribution is 6.39. The highest BCUT2D eigenvalue weighted by Crippen LogP contribution is 2.34. The zero-order valence-corrected chi connectivity index (χ0v) is 28.4. The number of rotatable bonds is 7. The van der Waals surface area contributed by atoms with Crippen molar-refractivity contribution in [3.8, 4) is 0 Å². The van der Waals surface area contributed by atoms with Gasteiger partial charge in [-0.25, -0.2) is 4.79 Å². The first-order valence-corrected chi connectivity index (χ1v) is 15.9. The van der Waals surface area contributed by atoms with E-state index in [0.29, 0.717) is 17.6 Å². The zero-order chi connectivity index (χ0) is 35.5. The molecule has 2 aliphatic rings. The number of carbonyl (C=O) groups excluding carboxylic acids is 4. The van der Waals surface area contributed by atoms with Crippen LogP contribution in [0.1, 0.15) is 46.1 Å². The maximum Gasteiger partial charge on any atom is 0.405 e. The van der Waals surface area contributed by atoms with Gasteiger partial charge < -0.3 is 35.7 Å². The van der Waals surface area contributed by atoms with E-state index in [0.717, 1.165) is 0 Å². The van der Waals surface area contributed by atoms with Gasteiger partial charge in [0.05, 0.1) is 23.5 Å². The Morgan fingerprint density at radius 3 is 2.40 bits per heavy atom. The number of methoxy groups -OCH3 is 2. The van der Waals surface area contributed by atoms with Gasteiger partial charge in [0, 0.05) is 37.8 Å². The van der Waals surface area contributed by atoms with Crippen LogP contribution in [0.3, 0.4) is 0 Å². The van der Waals surface area contributed by atoms with E-state index in [1.807, 2.05) is 6.92 Å². The zero-order valence-electron chi connectivity index (χ0n) is 28.4. The smallest absolute Gasteiger partial charge is 0.405 e. The number of ketones is 2. The number of allylic oxidation sites excluding steroid dienone is 4. The van der Waals surface area contributed by atoms with Crippen molar-refractivity contribution in [3.05, 3.63) is 101 Å². The first-order valence-electron chi connectivity index (χ1n) is 15.9. The third-order valence-corrected chi connectivity index (χ3v) is 8.43. The van der Waals surface area contributed by atoms with Crippen LogP contribution in [0.25, 0.3) is 5.57 Å². The Bertz CT molecular complexity index is 1540. The molecule has 1 heterocycles. The minimum absolute atomic E-state index is 0.0672. The molecule has 11 nitrogen and oxygen atoms in total. The molecule has 3 rings (SSSR count). The molecule has 2 bridgehead atoms. The topological polar surface area (TPSA) is 166 Å². The van der Waals surface area contributed by atoms with E-state index in [1.54, 1.807) is 75.4 Å². The highest BCUT2D eigenvalue weighted by Gasteiger charge is 2.37. The summed E-state index contributed by atoms with van der Waals surface area (Å²) in [4.78, 5) is 53.9. The Hall–Kier alpha value is -4.58. The molecule has 0 unspecified atom stereocenters. The standard InChI is InChI=1S/C37H47N3O8/c1-8-17-39-30-26-18-21(2)19-28(47-7)32(41)23(4)20-24(5)35(48-37(38)45)27(46-6)16-12-13-22(3)36(44)40-31(33(26)42)29(34(30)43)25-14-10-9-11-15-25/h8-16,20-21,23,27-28,32,35,39,41H,1,17-19H2,2-7H3,(H2,38,45)(H,40,44)/t21-,23+,27+,28+,32-,35+/m1/s1. The van der Waals surface area contributed by atoms with Gasteiger partial charge in [-0.3, -0.25) is 14.4 Å². The molecule has 0 radical (unpaired) electrons. The van der Waals surface area contributed by atoms with E-state index in [4.69, 9.17) is 19.9 Å². The minimum Gasteiger partial charge on any atom is -0.439 e. The van der Waals surface area contributed by atoms with E-state index >= 15 is 0 Å². The summed E-state index contributed by atoms with van der Waals surface area (Å²) in [6.07, 6.45) is 4.13. The summed E-state index contributed by atoms with van der Waals surface area (Å²) in [5.74, 6) is -2.23. The van der Waals surface area contributed by atoms with Crippen LogP contribution in [0, 0.1) is 11.8 Å². The van der Waals surface area contributed by atoms with E-state index in [-0.39, 0.29) is 47.0 Å². The Morgan fingerprint density at radius 2 is 1.79 bits per heavy atom. The second kappa shape index (κ2) is 17.5. The molecule has 48 heavy (non-hydrogen) atoms. The van der Waals surface area contributed by atoms with Crippen molar-refractivity contribution in [2.24, 2.45) is 17.6 Å². The van der Waals surface area contributed by atoms with E-state index in [9.17, 15) is 24.3 Å². The molecule has 0 saturated heterocycles. The number of primary amides is 1. The van der Waals surface area contributed by atoms with Crippen LogP contribution in [-0.4, -0.2) is 73.9 Å². The van der Waals surface area contributed by atoms with Crippen LogP contribution in [0.2, 0.25) is 0 Å². The number of ether oxygens (including phenoxy) is 3. The number of hydrogen-bond donors (Lipinski definition) is 4. The number of hydrogen-bond acceptors (Lipinski definition) is 9. The van der Waals surface area contributed by atoms with Crippen LogP contribution in [0.4, 0.5) is 4.79 Å². The lowest BCUT2D eigenvalue weighted by atomic mass is 9.81. The highest BCUT2D eigenvalue weighted by atomic mass is 16.6. The fourth-order valence-corrected chi connectivity index (χ4v) is 5.90. The lowest BCUT2D eigenvalue weighted by Gasteiger charge is -2.30. The number of benzene rings is 1. The fourth-order valence-electron chi connectivity index (χ4n) is 5.90. The van der Waals surface area contributed by atoms with E-state index in [2.05, 4.69) is 17.2 Å². The monoisotopic (exact) mass is 661 g/mol. The van der Waals surface area contributed by atoms with Crippen LogP contribution in [-0.2, 0) is 28.6 Å². The van der Waals surface area contributed by atoms with Gasteiger partial charge in [0.15, 0.2) is 6.10 Å². The number of nitrogens with two attached hydrogens (primary N) is 1. The first-order chi connectivity index (χ1) is 22.8. The number of carbonyl (C=O) groups is 4. The van der Waals surface area contributed by atoms with Gasteiger partial charge in [-0.1, -0.05) is 74.6 Å². The number of Topliss-reactive ketones (excluding diaryl/α,β-unsaturated/α-hetero) is 2.